The summed E-state index contributed by atoms with van der Waals surface area (Å²) in [7, 11) is 1.37. The molecule has 0 radical (unpaired) electrons. The van der Waals surface area contributed by atoms with Crippen molar-refractivity contribution in [2.24, 2.45) is 0 Å². The van der Waals surface area contributed by atoms with E-state index >= 15 is 0 Å². The molecule has 130 valence electrons. The molecule has 1 heterocycles. The van der Waals surface area contributed by atoms with E-state index in [1.807, 2.05) is 12.1 Å². The van der Waals surface area contributed by atoms with Gasteiger partial charge in [0, 0.05) is 13.1 Å². The number of ether oxygens (including phenoxy) is 2. The Bertz CT molecular complexity index is 582. The topological polar surface area (TPSA) is 55.8 Å². The van der Waals surface area contributed by atoms with Crippen LogP contribution in [0, 0.1) is 0 Å². The van der Waals surface area contributed by atoms with Gasteiger partial charge in [-0.25, -0.2) is 9.59 Å². The molecule has 0 aromatic heterocycles. The average Bonchev–Trinajstić information content (AvgIpc) is 2.62. The van der Waals surface area contributed by atoms with Gasteiger partial charge in [-0.05, 0) is 37.0 Å². The summed E-state index contributed by atoms with van der Waals surface area (Å²) in [6.07, 6.45) is 5.55. The second-order valence-electron chi connectivity index (χ2n) is 5.87. The van der Waals surface area contributed by atoms with Crippen molar-refractivity contribution < 1.29 is 19.1 Å². The quantitative estimate of drug-likeness (QED) is 0.607. The molecule has 0 bridgehead atoms. The first-order valence-electron chi connectivity index (χ1n) is 8.43. The molecule has 0 atom stereocenters. The van der Waals surface area contributed by atoms with E-state index in [0.29, 0.717) is 25.3 Å². The van der Waals surface area contributed by atoms with E-state index in [1.54, 1.807) is 17.0 Å². The lowest BCUT2D eigenvalue weighted by Gasteiger charge is -2.27. The third-order valence-corrected chi connectivity index (χ3v) is 4.09. The minimum Gasteiger partial charge on any atom is -0.465 e. The molecule has 24 heavy (non-hydrogen) atoms. The summed E-state index contributed by atoms with van der Waals surface area (Å²) in [5, 5.41) is 0. The fourth-order valence-corrected chi connectivity index (χ4v) is 2.58. The van der Waals surface area contributed by atoms with Gasteiger partial charge in [-0.2, -0.15) is 0 Å². The van der Waals surface area contributed by atoms with E-state index < -0.39 is 0 Å². The number of methoxy groups -OCH3 is 1. The lowest BCUT2D eigenvalue weighted by molar-refractivity contribution is 0.0600. The number of benzene rings is 1. The molecule has 0 unspecified atom stereocenters. The van der Waals surface area contributed by atoms with Crippen molar-refractivity contribution in [1.29, 1.82) is 0 Å². The van der Waals surface area contributed by atoms with Crippen LogP contribution in [0.25, 0.3) is 6.08 Å². The van der Waals surface area contributed by atoms with Crippen LogP contribution in [0.15, 0.2) is 29.8 Å². The largest absolute Gasteiger partial charge is 0.465 e. The van der Waals surface area contributed by atoms with Gasteiger partial charge >= 0.3 is 12.1 Å². The number of carbonyl (C=O) groups is 2. The van der Waals surface area contributed by atoms with Gasteiger partial charge in [-0.15, -0.1) is 0 Å². The molecule has 1 saturated heterocycles. The molecule has 2 rings (SSSR count). The number of hydrogen-bond donors (Lipinski definition) is 0. The van der Waals surface area contributed by atoms with Gasteiger partial charge in [0.25, 0.3) is 0 Å². The van der Waals surface area contributed by atoms with Gasteiger partial charge in [-0.3, -0.25) is 0 Å². The van der Waals surface area contributed by atoms with Crippen LogP contribution in [0.3, 0.4) is 0 Å². The monoisotopic (exact) mass is 331 g/mol. The fraction of sp³-hybridized carbons (Fsp3) is 0.474. The number of rotatable bonds is 5. The maximum Gasteiger partial charge on any atom is 0.409 e. The lowest BCUT2D eigenvalue weighted by atomic mass is 10.0. The molecule has 1 amide bonds. The van der Waals surface area contributed by atoms with Gasteiger partial charge in [0.05, 0.1) is 19.3 Å². The summed E-state index contributed by atoms with van der Waals surface area (Å²) in [4.78, 5) is 25.1. The summed E-state index contributed by atoms with van der Waals surface area (Å²) in [6, 6.07) is 7.34. The SMILES string of the molecule is CCCCOC(=O)N1CCC(=Cc2ccc(C(=O)OC)cc2)CC1. The van der Waals surface area contributed by atoms with Crippen LogP contribution >= 0.6 is 0 Å². The molecule has 0 saturated carbocycles. The molecule has 5 heteroatoms. The minimum absolute atomic E-state index is 0.204. The smallest absolute Gasteiger partial charge is 0.409 e. The second kappa shape index (κ2) is 9.11. The number of piperidine rings is 1. The van der Waals surface area contributed by atoms with E-state index in [1.165, 1.54) is 12.7 Å². The van der Waals surface area contributed by atoms with Gasteiger partial charge < -0.3 is 14.4 Å². The van der Waals surface area contributed by atoms with Crippen LogP contribution in [-0.2, 0) is 9.47 Å². The summed E-state index contributed by atoms with van der Waals surface area (Å²) in [5.74, 6) is -0.330. The number of hydrogen-bond acceptors (Lipinski definition) is 4. The summed E-state index contributed by atoms with van der Waals surface area (Å²) in [6.45, 7) is 3.96. The molecule has 5 nitrogen and oxygen atoms in total. The Labute approximate surface area is 143 Å². The van der Waals surface area contributed by atoms with Crippen LogP contribution in [0.5, 0.6) is 0 Å². The summed E-state index contributed by atoms with van der Waals surface area (Å²) < 4.78 is 9.94. The minimum atomic E-state index is -0.330. The van der Waals surface area contributed by atoms with E-state index in [4.69, 9.17) is 9.47 Å². The Kier molecular flexibility index (Phi) is 6.85. The predicted octanol–water partition coefficient (Wildman–Crippen LogP) is 3.89. The highest BCUT2D eigenvalue weighted by atomic mass is 16.6. The zero-order valence-corrected chi connectivity index (χ0v) is 14.4. The Balaban J connectivity index is 1.86. The van der Waals surface area contributed by atoms with Crippen LogP contribution in [0.2, 0.25) is 0 Å². The van der Waals surface area contributed by atoms with Crippen molar-refractivity contribution in [3.05, 3.63) is 41.0 Å². The predicted molar refractivity (Wildman–Crippen MR) is 92.8 cm³/mol. The third kappa shape index (κ3) is 5.11. The highest BCUT2D eigenvalue weighted by Gasteiger charge is 2.19. The number of unbranched alkanes of at least 4 members (excludes halogenated alkanes) is 1. The van der Waals surface area contributed by atoms with Gasteiger partial charge in [0.2, 0.25) is 0 Å². The standard InChI is InChI=1S/C19H25NO4/c1-3-4-13-24-19(22)20-11-9-16(10-12-20)14-15-5-7-17(8-6-15)18(21)23-2/h5-8,14H,3-4,9-13H2,1-2H3. The van der Waals surface area contributed by atoms with E-state index in [2.05, 4.69) is 13.0 Å². The average molecular weight is 331 g/mol. The lowest BCUT2D eigenvalue weighted by Crippen LogP contribution is -2.36. The number of esters is 1. The number of nitrogens with zero attached hydrogens (tertiary/aromatic N) is 1. The first-order valence-corrected chi connectivity index (χ1v) is 8.43. The summed E-state index contributed by atoms with van der Waals surface area (Å²) >= 11 is 0. The number of amides is 1. The Morgan fingerprint density at radius 2 is 1.83 bits per heavy atom. The maximum atomic E-state index is 11.9. The Hall–Kier alpha value is -2.30. The van der Waals surface area contributed by atoms with Gasteiger partial charge in [0.1, 0.15) is 0 Å². The van der Waals surface area contributed by atoms with Gasteiger partial charge in [-0.1, -0.05) is 37.1 Å². The molecule has 1 aromatic rings. The Morgan fingerprint density at radius 1 is 1.17 bits per heavy atom. The first kappa shape index (κ1) is 18.0. The van der Waals surface area contributed by atoms with Crippen molar-refractivity contribution in [1.82, 2.24) is 4.90 Å². The van der Waals surface area contributed by atoms with Crippen molar-refractivity contribution in [2.75, 3.05) is 26.8 Å². The first-order chi connectivity index (χ1) is 11.6. The van der Waals surface area contributed by atoms with E-state index in [0.717, 1.165) is 31.2 Å². The van der Waals surface area contributed by atoms with Gasteiger partial charge in [0.15, 0.2) is 0 Å². The second-order valence-corrected chi connectivity index (χ2v) is 5.87. The Morgan fingerprint density at radius 3 is 2.42 bits per heavy atom. The molecule has 1 aliphatic heterocycles. The molecule has 1 fully saturated rings. The van der Waals surface area contributed by atoms with Crippen molar-refractivity contribution in [3.8, 4) is 0 Å². The number of carbonyl (C=O) groups excluding carboxylic acids is 2. The molecule has 1 aromatic carbocycles. The third-order valence-electron chi connectivity index (χ3n) is 4.09. The van der Waals surface area contributed by atoms with Crippen LogP contribution in [0.4, 0.5) is 4.79 Å². The molecule has 0 N–H and O–H groups in total. The molecular weight excluding hydrogens is 306 g/mol. The highest BCUT2D eigenvalue weighted by Crippen LogP contribution is 2.20. The zero-order chi connectivity index (χ0) is 17.4. The van der Waals surface area contributed by atoms with Crippen LogP contribution in [0.1, 0.15) is 48.5 Å². The van der Waals surface area contributed by atoms with Crippen LogP contribution in [-0.4, -0.2) is 43.8 Å². The molecule has 0 aliphatic carbocycles. The van der Waals surface area contributed by atoms with Crippen LogP contribution < -0.4 is 0 Å². The zero-order valence-electron chi connectivity index (χ0n) is 14.4. The number of likely N-dealkylation sites (tertiary alicyclic amines) is 1. The van der Waals surface area contributed by atoms with Crippen molar-refractivity contribution >= 4 is 18.1 Å². The molecular formula is C19H25NO4. The van der Waals surface area contributed by atoms with Crippen molar-refractivity contribution in [2.45, 2.75) is 32.6 Å². The summed E-state index contributed by atoms with van der Waals surface area (Å²) in [5.41, 5.74) is 2.90. The normalized spacial score (nSPS) is 14.2. The van der Waals surface area contributed by atoms with Crippen molar-refractivity contribution in [3.63, 3.8) is 0 Å². The maximum absolute atomic E-state index is 11.9. The highest BCUT2D eigenvalue weighted by molar-refractivity contribution is 5.89. The molecule has 0 spiro atoms. The fourth-order valence-electron chi connectivity index (χ4n) is 2.58. The van der Waals surface area contributed by atoms with E-state index in [9.17, 15) is 9.59 Å². The van der Waals surface area contributed by atoms with E-state index in [-0.39, 0.29) is 12.1 Å². The molecule has 1 aliphatic rings.